The summed E-state index contributed by atoms with van der Waals surface area (Å²) < 4.78 is 16.5. The third-order valence-electron chi connectivity index (χ3n) is 6.11. The number of rotatable bonds is 11. The average molecular weight is 508 g/mol. The summed E-state index contributed by atoms with van der Waals surface area (Å²) in [6, 6.07) is 16.5. The van der Waals surface area contributed by atoms with E-state index in [-0.39, 0.29) is 24.5 Å². The van der Waals surface area contributed by atoms with Crippen molar-refractivity contribution in [1.82, 2.24) is 9.80 Å². The van der Waals surface area contributed by atoms with E-state index >= 15 is 0 Å². The molecule has 0 saturated heterocycles. The standard InChI is InChI=1S/C29H37N3O5/c1-20(2)32(29(34)30-24-11-7-21(3)8-12-24)19-28(33)31(18-25-13-9-22(4)37-25)16-15-23-10-14-26(35-5)27(17-23)36-6/h7-14,17,20H,15-16,18-19H2,1-6H3,(H,30,34). The fourth-order valence-corrected chi connectivity index (χ4v) is 3.92. The van der Waals surface area contributed by atoms with Crippen molar-refractivity contribution < 1.29 is 23.5 Å². The van der Waals surface area contributed by atoms with E-state index in [1.54, 1.807) is 24.0 Å². The number of carbonyl (C=O) groups excluding carboxylic acids is 2. The second-order valence-corrected chi connectivity index (χ2v) is 9.28. The van der Waals surface area contributed by atoms with Gasteiger partial charge in [-0.3, -0.25) is 4.79 Å². The lowest BCUT2D eigenvalue weighted by atomic mass is 10.1. The molecule has 1 aromatic heterocycles. The van der Waals surface area contributed by atoms with Gasteiger partial charge in [0.15, 0.2) is 11.5 Å². The van der Waals surface area contributed by atoms with Crippen LogP contribution in [0.25, 0.3) is 0 Å². The van der Waals surface area contributed by atoms with E-state index in [0.717, 1.165) is 16.9 Å². The van der Waals surface area contributed by atoms with Gasteiger partial charge in [0.1, 0.15) is 18.1 Å². The molecule has 3 amide bonds. The number of amides is 3. The van der Waals surface area contributed by atoms with Gasteiger partial charge in [0.2, 0.25) is 5.91 Å². The number of nitrogens with zero attached hydrogens (tertiary/aromatic N) is 2. The molecule has 0 atom stereocenters. The molecular formula is C29H37N3O5. The lowest BCUT2D eigenvalue weighted by Crippen LogP contribution is -2.47. The topological polar surface area (TPSA) is 84.2 Å². The fourth-order valence-electron chi connectivity index (χ4n) is 3.92. The zero-order chi connectivity index (χ0) is 26.9. The van der Waals surface area contributed by atoms with Crippen LogP contribution in [0.5, 0.6) is 11.5 Å². The van der Waals surface area contributed by atoms with Gasteiger partial charge in [-0.05, 0) is 76.1 Å². The minimum Gasteiger partial charge on any atom is -0.493 e. The number of benzene rings is 2. The molecule has 8 heteroatoms. The Balaban J connectivity index is 1.75. The van der Waals surface area contributed by atoms with E-state index in [9.17, 15) is 9.59 Å². The molecule has 2 aromatic carbocycles. The van der Waals surface area contributed by atoms with Gasteiger partial charge in [0.05, 0.1) is 20.8 Å². The minimum atomic E-state index is -0.319. The Morgan fingerprint density at radius 2 is 1.65 bits per heavy atom. The number of nitrogens with one attached hydrogen (secondary N) is 1. The maximum absolute atomic E-state index is 13.5. The summed E-state index contributed by atoms with van der Waals surface area (Å²) in [5, 5.41) is 2.90. The van der Waals surface area contributed by atoms with E-state index < -0.39 is 0 Å². The number of aryl methyl sites for hydroxylation is 2. The summed E-state index contributed by atoms with van der Waals surface area (Å²) in [7, 11) is 3.19. The second-order valence-electron chi connectivity index (χ2n) is 9.28. The van der Waals surface area contributed by atoms with Gasteiger partial charge in [0, 0.05) is 18.3 Å². The van der Waals surface area contributed by atoms with Crippen LogP contribution in [0, 0.1) is 13.8 Å². The maximum Gasteiger partial charge on any atom is 0.322 e. The summed E-state index contributed by atoms with van der Waals surface area (Å²) >= 11 is 0. The van der Waals surface area contributed by atoms with Crippen LogP contribution in [0.2, 0.25) is 0 Å². The first kappa shape index (κ1) is 27.6. The minimum absolute atomic E-state index is 0.0546. The number of hydrogen-bond acceptors (Lipinski definition) is 5. The molecule has 3 aromatic rings. The van der Waals surface area contributed by atoms with Crippen molar-refractivity contribution in [2.75, 3.05) is 32.6 Å². The zero-order valence-electron chi connectivity index (χ0n) is 22.5. The summed E-state index contributed by atoms with van der Waals surface area (Å²) in [6.45, 7) is 8.35. The third kappa shape index (κ3) is 7.77. The molecule has 8 nitrogen and oxygen atoms in total. The van der Waals surface area contributed by atoms with Crippen LogP contribution in [-0.2, 0) is 17.8 Å². The van der Waals surface area contributed by atoms with Crippen LogP contribution in [0.15, 0.2) is 59.0 Å². The molecule has 1 N–H and O–H groups in total. The molecule has 3 rings (SSSR count). The van der Waals surface area contributed by atoms with Crippen LogP contribution in [0.4, 0.5) is 10.5 Å². The molecule has 0 aliphatic carbocycles. The Bertz CT molecular complexity index is 1190. The first-order valence-electron chi connectivity index (χ1n) is 12.4. The van der Waals surface area contributed by atoms with Crippen molar-refractivity contribution in [1.29, 1.82) is 0 Å². The lowest BCUT2D eigenvalue weighted by Gasteiger charge is -2.30. The van der Waals surface area contributed by atoms with E-state index in [0.29, 0.717) is 42.5 Å². The zero-order valence-corrected chi connectivity index (χ0v) is 22.5. The van der Waals surface area contributed by atoms with Crippen LogP contribution in [-0.4, -0.2) is 55.1 Å². The Kier molecular flexibility index (Phi) is 9.60. The van der Waals surface area contributed by atoms with Gasteiger partial charge in [-0.25, -0.2) is 4.79 Å². The number of urea groups is 1. The van der Waals surface area contributed by atoms with Crippen molar-refractivity contribution in [3.05, 3.63) is 77.2 Å². The highest BCUT2D eigenvalue weighted by atomic mass is 16.5. The van der Waals surface area contributed by atoms with Crippen molar-refractivity contribution in [3.8, 4) is 11.5 Å². The normalized spacial score (nSPS) is 10.8. The number of methoxy groups -OCH3 is 2. The van der Waals surface area contributed by atoms with Crippen molar-refractivity contribution in [3.63, 3.8) is 0 Å². The van der Waals surface area contributed by atoms with E-state index in [1.165, 1.54) is 0 Å². The van der Waals surface area contributed by atoms with Gasteiger partial charge >= 0.3 is 6.03 Å². The van der Waals surface area contributed by atoms with Gasteiger partial charge in [-0.15, -0.1) is 0 Å². The Hall–Kier alpha value is -3.94. The van der Waals surface area contributed by atoms with Gasteiger partial charge in [0.25, 0.3) is 0 Å². The number of carbonyl (C=O) groups is 2. The van der Waals surface area contributed by atoms with Crippen LogP contribution in [0.1, 0.15) is 36.5 Å². The van der Waals surface area contributed by atoms with Crippen molar-refractivity contribution in [2.45, 2.75) is 46.7 Å². The molecule has 0 radical (unpaired) electrons. The Morgan fingerprint density at radius 3 is 2.24 bits per heavy atom. The molecule has 198 valence electrons. The molecule has 0 saturated carbocycles. The summed E-state index contributed by atoms with van der Waals surface area (Å²) in [6.07, 6.45) is 0.600. The second kappa shape index (κ2) is 12.9. The van der Waals surface area contributed by atoms with Crippen LogP contribution < -0.4 is 14.8 Å². The maximum atomic E-state index is 13.5. The summed E-state index contributed by atoms with van der Waals surface area (Å²) in [5.41, 5.74) is 2.79. The molecule has 0 aliphatic rings. The van der Waals surface area contributed by atoms with Crippen LogP contribution >= 0.6 is 0 Å². The van der Waals surface area contributed by atoms with Gasteiger partial charge in [-0.2, -0.15) is 0 Å². The Labute approximate surface area is 219 Å². The smallest absolute Gasteiger partial charge is 0.322 e. The molecule has 0 bridgehead atoms. The number of ether oxygens (including phenoxy) is 2. The highest BCUT2D eigenvalue weighted by Gasteiger charge is 2.24. The van der Waals surface area contributed by atoms with E-state index in [1.807, 2.05) is 82.3 Å². The monoisotopic (exact) mass is 507 g/mol. The van der Waals surface area contributed by atoms with E-state index in [4.69, 9.17) is 13.9 Å². The molecule has 37 heavy (non-hydrogen) atoms. The van der Waals surface area contributed by atoms with Crippen molar-refractivity contribution in [2.24, 2.45) is 0 Å². The van der Waals surface area contributed by atoms with Gasteiger partial charge in [-0.1, -0.05) is 23.8 Å². The van der Waals surface area contributed by atoms with Crippen molar-refractivity contribution >= 4 is 17.6 Å². The fraction of sp³-hybridized carbons (Fsp3) is 0.379. The first-order valence-corrected chi connectivity index (χ1v) is 12.4. The quantitative estimate of drug-likeness (QED) is 0.374. The summed E-state index contributed by atoms with van der Waals surface area (Å²) in [5.74, 6) is 2.60. The average Bonchev–Trinajstić information content (AvgIpc) is 3.30. The predicted molar refractivity (Wildman–Crippen MR) is 144 cm³/mol. The highest BCUT2D eigenvalue weighted by molar-refractivity contribution is 5.92. The Morgan fingerprint density at radius 1 is 0.946 bits per heavy atom. The number of hydrogen-bond donors (Lipinski definition) is 1. The number of furan rings is 1. The largest absolute Gasteiger partial charge is 0.493 e. The lowest BCUT2D eigenvalue weighted by molar-refractivity contribution is -0.133. The molecule has 0 fully saturated rings. The first-order chi connectivity index (χ1) is 17.7. The summed E-state index contributed by atoms with van der Waals surface area (Å²) in [4.78, 5) is 29.9. The SMILES string of the molecule is COc1ccc(CCN(Cc2ccc(C)o2)C(=O)CN(C(=O)Nc2ccc(C)cc2)C(C)C)cc1OC. The number of anilines is 1. The molecule has 1 heterocycles. The highest BCUT2D eigenvalue weighted by Crippen LogP contribution is 2.28. The molecule has 0 aliphatic heterocycles. The third-order valence-corrected chi connectivity index (χ3v) is 6.11. The van der Waals surface area contributed by atoms with Crippen LogP contribution in [0.3, 0.4) is 0 Å². The van der Waals surface area contributed by atoms with Gasteiger partial charge < -0.3 is 29.0 Å². The molecule has 0 unspecified atom stereocenters. The molecule has 0 spiro atoms. The van der Waals surface area contributed by atoms with E-state index in [2.05, 4.69) is 5.32 Å². The predicted octanol–water partition coefficient (Wildman–Crippen LogP) is 5.43. The molecular weight excluding hydrogens is 470 g/mol.